The van der Waals surface area contributed by atoms with Crippen LogP contribution in [0.3, 0.4) is 0 Å². The molecule has 38 heavy (non-hydrogen) atoms. The first-order chi connectivity index (χ1) is 18.7. The normalized spacial score (nSPS) is 19.1. The number of carbonyl (C=O) groups excluding carboxylic acids is 2. The maximum absolute atomic E-state index is 13.8. The van der Waals surface area contributed by atoms with Crippen LogP contribution >= 0.6 is 23.2 Å². The molecule has 1 aliphatic carbocycles. The SMILES string of the molecule is [2H]C([2H])([2H])OC(c1ccc(Cl)c(NC(=O)[C@H](c2ccc(Cl)cc2)[C@@H](C)C(F)(F)F)c1)C1(C(=O)OC(C)(C)C)CCC1. The molecule has 1 fully saturated rings. The first-order valence-corrected chi connectivity index (χ1v) is 12.8. The Hall–Kier alpha value is -2.29. The minimum atomic E-state index is -4.70. The Kier molecular flexibility index (Phi) is 7.82. The molecule has 0 spiro atoms. The topological polar surface area (TPSA) is 64.6 Å². The van der Waals surface area contributed by atoms with Gasteiger partial charge in [0.1, 0.15) is 5.60 Å². The van der Waals surface area contributed by atoms with Gasteiger partial charge in [-0.2, -0.15) is 13.2 Å². The highest BCUT2D eigenvalue weighted by Gasteiger charge is 2.53. The summed E-state index contributed by atoms with van der Waals surface area (Å²) in [6.45, 7) is 5.96. The number of ether oxygens (including phenoxy) is 2. The van der Waals surface area contributed by atoms with E-state index in [-0.39, 0.29) is 34.7 Å². The lowest BCUT2D eigenvalue weighted by Crippen LogP contribution is -2.47. The molecule has 1 saturated carbocycles. The van der Waals surface area contributed by atoms with Crippen LogP contribution in [0.1, 0.15) is 74.2 Å². The smallest absolute Gasteiger partial charge is 0.392 e. The Morgan fingerprint density at radius 3 is 2.16 bits per heavy atom. The summed E-state index contributed by atoms with van der Waals surface area (Å²) in [5, 5.41) is 2.75. The lowest BCUT2D eigenvalue weighted by Gasteiger charge is -2.45. The third kappa shape index (κ3) is 6.64. The molecule has 10 heteroatoms. The molecule has 2 aromatic carbocycles. The largest absolute Gasteiger partial charge is 0.459 e. The molecule has 208 valence electrons. The average molecular weight is 577 g/mol. The van der Waals surface area contributed by atoms with Crippen molar-refractivity contribution >= 4 is 40.8 Å². The predicted molar refractivity (Wildman–Crippen MR) is 141 cm³/mol. The summed E-state index contributed by atoms with van der Waals surface area (Å²) in [7, 11) is -2.90. The van der Waals surface area contributed by atoms with Gasteiger partial charge < -0.3 is 14.8 Å². The first kappa shape index (κ1) is 26.0. The maximum atomic E-state index is 13.8. The number of hydrogen-bond acceptors (Lipinski definition) is 4. The van der Waals surface area contributed by atoms with Crippen LogP contribution in [0.25, 0.3) is 0 Å². The lowest BCUT2D eigenvalue weighted by atomic mass is 9.63. The summed E-state index contributed by atoms with van der Waals surface area (Å²) in [5.41, 5.74) is -1.97. The number of carbonyl (C=O) groups is 2. The fraction of sp³-hybridized carbons (Fsp3) is 0.500. The summed E-state index contributed by atoms with van der Waals surface area (Å²) >= 11 is 12.2. The molecule has 3 atom stereocenters. The van der Waals surface area contributed by atoms with E-state index in [4.69, 9.17) is 36.8 Å². The van der Waals surface area contributed by atoms with E-state index in [1.54, 1.807) is 20.8 Å². The van der Waals surface area contributed by atoms with Crippen LogP contribution in [0.5, 0.6) is 0 Å². The Bertz CT molecular complexity index is 1260. The molecule has 3 rings (SSSR count). The van der Waals surface area contributed by atoms with Gasteiger partial charge in [0.2, 0.25) is 5.91 Å². The van der Waals surface area contributed by atoms with Gasteiger partial charge in [0, 0.05) is 12.1 Å². The zero-order chi connectivity index (χ0) is 31.0. The van der Waals surface area contributed by atoms with Gasteiger partial charge in [0.25, 0.3) is 0 Å². The van der Waals surface area contributed by atoms with Gasteiger partial charge in [0.05, 0.1) is 38.2 Å². The van der Waals surface area contributed by atoms with Gasteiger partial charge in [-0.3, -0.25) is 9.59 Å². The Balaban J connectivity index is 2.03. The van der Waals surface area contributed by atoms with Crippen molar-refractivity contribution < 1.29 is 36.3 Å². The number of esters is 1. The van der Waals surface area contributed by atoms with Gasteiger partial charge in [-0.25, -0.2) is 0 Å². The minimum absolute atomic E-state index is 0.0100. The summed E-state index contributed by atoms with van der Waals surface area (Å²) in [4.78, 5) is 26.7. The monoisotopic (exact) mass is 576 g/mol. The molecule has 0 aromatic heterocycles. The number of hydrogen-bond donors (Lipinski definition) is 1. The molecule has 1 aliphatic rings. The fourth-order valence-corrected chi connectivity index (χ4v) is 4.84. The van der Waals surface area contributed by atoms with Crippen LogP contribution in [0.15, 0.2) is 42.5 Å². The fourth-order valence-electron chi connectivity index (χ4n) is 4.55. The summed E-state index contributed by atoms with van der Waals surface area (Å²) < 4.78 is 75.7. The number of nitrogens with one attached hydrogen (secondary N) is 1. The molecular formula is C28H32Cl2F3NO4. The molecular weight excluding hydrogens is 542 g/mol. The molecule has 1 unspecified atom stereocenters. The molecule has 0 aliphatic heterocycles. The van der Waals surface area contributed by atoms with Gasteiger partial charge in [-0.15, -0.1) is 0 Å². The molecule has 0 radical (unpaired) electrons. The van der Waals surface area contributed by atoms with Crippen molar-refractivity contribution in [1.29, 1.82) is 0 Å². The van der Waals surface area contributed by atoms with Crippen molar-refractivity contribution in [3.8, 4) is 0 Å². The van der Waals surface area contributed by atoms with Crippen molar-refractivity contribution in [2.24, 2.45) is 11.3 Å². The summed E-state index contributed by atoms with van der Waals surface area (Å²) in [6, 6.07) is 9.58. The van der Waals surface area contributed by atoms with E-state index in [0.29, 0.717) is 11.4 Å². The highest BCUT2D eigenvalue weighted by Crippen LogP contribution is 2.53. The van der Waals surface area contributed by atoms with Gasteiger partial charge in [-0.05, 0) is 69.0 Å². The number of halogens is 5. The summed E-state index contributed by atoms with van der Waals surface area (Å²) in [5.74, 6) is -5.34. The van der Waals surface area contributed by atoms with Crippen molar-refractivity contribution in [3.63, 3.8) is 0 Å². The van der Waals surface area contributed by atoms with Crippen LogP contribution in [0.4, 0.5) is 18.9 Å². The highest BCUT2D eigenvalue weighted by molar-refractivity contribution is 6.33. The van der Waals surface area contributed by atoms with E-state index in [2.05, 4.69) is 5.32 Å². The Morgan fingerprint density at radius 1 is 1.05 bits per heavy atom. The summed E-state index contributed by atoms with van der Waals surface area (Å²) in [6.07, 6.45) is -4.82. The van der Waals surface area contributed by atoms with Crippen LogP contribution in [0.2, 0.25) is 10.0 Å². The van der Waals surface area contributed by atoms with Gasteiger partial charge in [0.15, 0.2) is 0 Å². The van der Waals surface area contributed by atoms with Gasteiger partial charge >= 0.3 is 12.1 Å². The second-order valence-corrected chi connectivity index (χ2v) is 11.4. The second kappa shape index (κ2) is 11.4. The van der Waals surface area contributed by atoms with E-state index in [9.17, 15) is 22.8 Å². The van der Waals surface area contributed by atoms with E-state index in [0.717, 1.165) is 6.92 Å². The molecule has 2 aromatic rings. The van der Waals surface area contributed by atoms with Gasteiger partial charge in [-0.1, -0.05) is 54.7 Å². The van der Waals surface area contributed by atoms with Crippen LogP contribution in [0, 0.1) is 11.3 Å². The Labute approximate surface area is 235 Å². The van der Waals surface area contributed by atoms with E-state index >= 15 is 0 Å². The first-order valence-electron chi connectivity index (χ1n) is 13.6. The number of amides is 1. The van der Waals surface area contributed by atoms with Crippen LogP contribution in [-0.4, -0.2) is 30.7 Å². The third-order valence-electron chi connectivity index (χ3n) is 6.75. The molecule has 1 amide bonds. The molecule has 0 saturated heterocycles. The lowest BCUT2D eigenvalue weighted by molar-refractivity contribution is -0.187. The molecule has 5 nitrogen and oxygen atoms in total. The average Bonchev–Trinajstić information content (AvgIpc) is 2.78. The third-order valence-corrected chi connectivity index (χ3v) is 7.33. The highest BCUT2D eigenvalue weighted by atomic mass is 35.5. The van der Waals surface area contributed by atoms with E-state index < -0.39 is 54.0 Å². The number of benzene rings is 2. The number of rotatable bonds is 8. The van der Waals surface area contributed by atoms with E-state index in [1.807, 2.05) is 0 Å². The van der Waals surface area contributed by atoms with E-state index in [1.165, 1.54) is 42.5 Å². The minimum Gasteiger partial charge on any atom is -0.459 e. The van der Waals surface area contributed by atoms with Crippen molar-refractivity contribution in [2.45, 2.75) is 70.8 Å². The second-order valence-electron chi connectivity index (χ2n) is 10.6. The maximum Gasteiger partial charge on any atom is 0.392 e. The van der Waals surface area contributed by atoms with Crippen molar-refractivity contribution in [1.82, 2.24) is 0 Å². The number of alkyl halides is 3. The van der Waals surface area contributed by atoms with Crippen LogP contribution in [-0.2, 0) is 19.1 Å². The van der Waals surface area contributed by atoms with Crippen LogP contribution < -0.4 is 5.32 Å². The Morgan fingerprint density at radius 2 is 1.66 bits per heavy atom. The quantitative estimate of drug-likeness (QED) is 0.322. The zero-order valence-electron chi connectivity index (χ0n) is 24.4. The molecule has 0 heterocycles. The zero-order valence-corrected chi connectivity index (χ0v) is 22.9. The number of anilines is 1. The number of methoxy groups -OCH3 is 1. The predicted octanol–water partition coefficient (Wildman–Crippen LogP) is 8.11. The standard InChI is InChI=1S/C28H32Cl2F3NO4/c1-16(28(31,32)33)22(17-7-10-19(29)11-8-17)24(35)34-21-15-18(9-12-20(21)30)23(37-5)27(13-6-14-27)25(36)38-26(2,3)4/h7-12,15-16,22-23H,6,13-14H2,1-5H3,(H,34,35)/t16-,22+,23?/m1/s1/i5D3. The van der Waals surface area contributed by atoms with Crippen molar-refractivity contribution in [2.75, 3.05) is 12.4 Å². The molecule has 1 N–H and O–H groups in total. The molecule has 0 bridgehead atoms. The van der Waals surface area contributed by atoms with Crippen molar-refractivity contribution in [3.05, 3.63) is 63.6 Å².